The Morgan fingerprint density at radius 1 is 1.53 bits per heavy atom. The molecule has 2 rings (SSSR count). The third-order valence-electron chi connectivity index (χ3n) is 3.14. The van der Waals surface area contributed by atoms with Crippen LogP contribution in [0.5, 0.6) is 0 Å². The van der Waals surface area contributed by atoms with E-state index in [0.29, 0.717) is 12.2 Å². The molecule has 0 radical (unpaired) electrons. The van der Waals surface area contributed by atoms with Crippen molar-refractivity contribution in [1.82, 2.24) is 4.98 Å². The second-order valence-electron chi connectivity index (χ2n) is 4.85. The summed E-state index contributed by atoms with van der Waals surface area (Å²) < 4.78 is 5.54. The predicted octanol–water partition coefficient (Wildman–Crippen LogP) is 0.592. The van der Waals surface area contributed by atoms with Crippen LogP contribution in [0.3, 0.4) is 0 Å². The minimum absolute atomic E-state index is 0.00462. The summed E-state index contributed by atoms with van der Waals surface area (Å²) in [4.78, 5) is 18.1. The molecule has 1 saturated heterocycles. The molecule has 1 amide bonds. The maximum atomic E-state index is 12.0. The number of carbonyl (C=O) groups excluding carboxylic acids is 1. The van der Waals surface area contributed by atoms with Crippen LogP contribution in [0.25, 0.3) is 0 Å². The number of amides is 1. The average molecular weight is 264 g/mol. The molecule has 1 aromatic heterocycles. The number of hydrogen-bond donors (Lipinski definition) is 2. The summed E-state index contributed by atoms with van der Waals surface area (Å²) in [6.07, 6.45) is 2.80. The molecular formula is C13H20N4O2. The molecule has 0 aliphatic carbocycles. The quantitative estimate of drug-likeness (QED) is 0.832. The fraction of sp³-hybridized carbons (Fsp3) is 0.538. The van der Waals surface area contributed by atoms with Crippen molar-refractivity contribution in [3.63, 3.8) is 0 Å². The summed E-state index contributed by atoms with van der Waals surface area (Å²) >= 11 is 0. The zero-order valence-electron chi connectivity index (χ0n) is 11.3. The third-order valence-corrected chi connectivity index (χ3v) is 3.14. The fourth-order valence-corrected chi connectivity index (χ4v) is 2.02. The summed E-state index contributed by atoms with van der Waals surface area (Å²) in [5.41, 5.74) is 6.20. The number of anilines is 2. The lowest BCUT2D eigenvalue weighted by atomic mass is 10.2. The molecule has 1 aromatic rings. The topological polar surface area (TPSA) is 80.5 Å². The summed E-state index contributed by atoms with van der Waals surface area (Å²) in [6, 6.07) is 3.68. The van der Waals surface area contributed by atoms with E-state index in [2.05, 4.69) is 10.3 Å². The first-order chi connectivity index (χ1) is 9.10. The van der Waals surface area contributed by atoms with Gasteiger partial charge in [-0.15, -0.1) is 0 Å². The van der Waals surface area contributed by atoms with Gasteiger partial charge in [0, 0.05) is 20.6 Å². The molecule has 0 bridgehead atoms. The number of nitrogens with two attached hydrogens (primary N) is 1. The Balaban J connectivity index is 1.92. The van der Waals surface area contributed by atoms with Crippen molar-refractivity contribution in [2.45, 2.75) is 25.0 Å². The first-order valence-corrected chi connectivity index (χ1v) is 6.40. The van der Waals surface area contributed by atoms with Gasteiger partial charge >= 0.3 is 0 Å². The zero-order valence-corrected chi connectivity index (χ0v) is 11.3. The van der Waals surface area contributed by atoms with Crippen molar-refractivity contribution in [2.75, 3.05) is 30.9 Å². The average Bonchev–Trinajstić information content (AvgIpc) is 2.88. The molecule has 6 nitrogen and oxygen atoms in total. The van der Waals surface area contributed by atoms with E-state index in [4.69, 9.17) is 10.5 Å². The molecule has 1 aliphatic rings. The Kier molecular flexibility index (Phi) is 4.34. The van der Waals surface area contributed by atoms with E-state index in [-0.39, 0.29) is 12.0 Å². The van der Waals surface area contributed by atoms with E-state index < -0.39 is 6.10 Å². The van der Waals surface area contributed by atoms with Crippen LogP contribution in [-0.4, -0.2) is 43.7 Å². The van der Waals surface area contributed by atoms with E-state index in [1.165, 1.54) is 0 Å². The Bertz CT molecular complexity index is 433. The van der Waals surface area contributed by atoms with Gasteiger partial charge in [0.15, 0.2) is 0 Å². The molecule has 6 heteroatoms. The second kappa shape index (κ2) is 5.99. The lowest BCUT2D eigenvalue weighted by Gasteiger charge is -2.14. The normalized spacial score (nSPS) is 22.3. The molecule has 2 atom stereocenters. The fourth-order valence-electron chi connectivity index (χ4n) is 2.02. The van der Waals surface area contributed by atoms with Crippen molar-refractivity contribution >= 4 is 17.4 Å². The van der Waals surface area contributed by atoms with Crippen molar-refractivity contribution in [3.8, 4) is 0 Å². The Labute approximate surface area is 112 Å². The van der Waals surface area contributed by atoms with Gasteiger partial charge in [0.2, 0.25) is 0 Å². The summed E-state index contributed by atoms with van der Waals surface area (Å²) in [7, 11) is 3.83. The first kappa shape index (κ1) is 13.8. The van der Waals surface area contributed by atoms with E-state index in [1.807, 2.05) is 31.1 Å². The highest BCUT2D eigenvalue weighted by molar-refractivity contribution is 5.94. The van der Waals surface area contributed by atoms with Crippen molar-refractivity contribution in [1.29, 1.82) is 0 Å². The van der Waals surface area contributed by atoms with E-state index in [9.17, 15) is 4.79 Å². The highest BCUT2D eigenvalue weighted by atomic mass is 16.5. The number of hydrogen-bond acceptors (Lipinski definition) is 5. The van der Waals surface area contributed by atoms with E-state index in [1.54, 1.807) is 6.20 Å². The summed E-state index contributed by atoms with van der Waals surface area (Å²) in [6.45, 7) is 0.461. The number of carbonyl (C=O) groups is 1. The van der Waals surface area contributed by atoms with Crippen LogP contribution in [0.4, 0.5) is 11.5 Å². The summed E-state index contributed by atoms with van der Waals surface area (Å²) in [5, 5.41) is 2.81. The van der Waals surface area contributed by atoms with E-state index >= 15 is 0 Å². The van der Waals surface area contributed by atoms with Gasteiger partial charge in [-0.2, -0.15) is 0 Å². The minimum Gasteiger partial charge on any atom is -0.364 e. The molecule has 19 heavy (non-hydrogen) atoms. The van der Waals surface area contributed by atoms with Crippen molar-refractivity contribution < 1.29 is 9.53 Å². The number of pyridine rings is 1. The van der Waals surface area contributed by atoms with Crippen LogP contribution < -0.4 is 16.0 Å². The third kappa shape index (κ3) is 3.42. The smallest absolute Gasteiger partial charge is 0.253 e. The minimum atomic E-state index is -0.401. The SMILES string of the molecule is CN(C)c1ccc(NC(=O)C2CCC(CN)O2)cn1. The van der Waals surface area contributed by atoms with Gasteiger partial charge in [-0.3, -0.25) is 4.79 Å². The molecule has 2 unspecified atom stereocenters. The number of ether oxygens (including phenoxy) is 1. The Morgan fingerprint density at radius 2 is 2.32 bits per heavy atom. The lowest BCUT2D eigenvalue weighted by Crippen LogP contribution is -2.29. The zero-order chi connectivity index (χ0) is 13.8. The van der Waals surface area contributed by atoms with Crippen LogP contribution in [0, 0.1) is 0 Å². The number of nitrogens with zero attached hydrogens (tertiary/aromatic N) is 2. The molecule has 0 spiro atoms. The summed E-state index contributed by atoms with van der Waals surface area (Å²) in [5.74, 6) is 0.716. The maximum Gasteiger partial charge on any atom is 0.253 e. The standard InChI is InChI=1S/C13H20N4O2/c1-17(2)12-6-3-9(8-15-12)16-13(18)11-5-4-10(7-14)19-11/h3,6,8,10-11H,4-5,7,14H2,1-2H3,(H,16,18). The number of rotatable bonds is 4. The Morgan fingerprint density at radius 3 is 2.84 bits per heavy atom. The largest absolute Gasteiger partial charge is 0.364 e. The number of aromatic nitrogens is 1. The maximum absolute atomic E-state index is 12.0. The highest BCUT2D eigenvalue weighted by Gasteiger charge is 2.29. The lowest BCUT2D eigenvalue weighted by molar-refractivity contribution is -0.126. The van der Waals surface area contributed by atoms with Gasteiger partial charge in [0.1, 0.15) is 11.9 Å². The van der Waals surface area contributed by atoms with Gasteiger partial charge in [-0.25, -0.2) is 4.98 Å². The van der Waals surface area contributed by atoms with Gasteiger partial charge in [-0.1, -0.05) is 0 Å². The van der Waals surface area contributed by atoms with Crippen molar-refractivity contribution in [2.24, 2.45) is 5.73 Å². The van der Waals surface area contributed by atoms with E-state index in [0.717, 1.165) is 18.7 Å². The van der Waals surface area contributed by atoms with Gasteiger partial charge in [0.25, 0.3) is 5.91 Å². The monoisotopic (exact) mass is 264 g/mol. The van der Waals surface area contributed by atoms with Crippen LogP contribution in [0.1, 0.15) is 12.8 Å². The predicted molar refractivity (Wildman–Crippen MR) is 74.1 cm³/mol. The highest BCUT2D eigenvalue weighted by Crippen LogP contribution is 2.20. The number of nitrogens with one attached hydrogen (secondary N) is 1. The second-order valence-corrected chi connectivity index (χ2v) is 4.85. The molecule has 3 N–H and O–H groups in total. The molecule has 104 valence electrons. The van der Waals surface area contributed by atoms with Gasteiger partial charge < -0.3 is 20.7 Å². The van der Waals surface area contributed by atoms with Crippen molar-refractivity contribution in [3.05, 3.63) is 18.3 Å². The van der Waals surface area contributed by atoms with Crippen LogP contribution >= 0.6 is 0 Å². The molecular weight excluding hydrogens is 244 g/mol. The molecule has 1 fully saturated rings. The molecule has 1 aliphatic heterocycles. The van der Waals surface area contributed by atoms with Crippen LogP contribution in [-0.2, 0) is 9.53 Å². The molecule has 0 aromatic carbocycles. The molecule has 2 heterocycles. The van der Waals surface area contributed by atoms with Gasteiger partial charge in [-0.05, 0) is 25.0 Å². The molecule has 0 saturated carbocycles. The van der Waals surface area contributed by atoms with Gasteiger partial charge in [0.05, 0.1) is 18.0 Å². The van der Waals surface area contributed by atoms with Crippen LogP contribution in [0.2, 0.25) is 0 Å². The van der Waals surface area contributed by atoms with Crippen LogP contribution in [0.15, 0.2) is 18.3 Å². The Hall–Kier alpha value is -1.66. The first-order valence-electron chi connectivity index (χ1n) is 6.40.